The summed E-state index contributed by atoms with van der Waals surface area (Å²) in [7, 11) is 1.66. The first-order chi connectivity index (χ1) is 10.8. The van der Waals surface area contributed by atoms with Crippen molar-refractivity contribution in [1.82, 2.24) is 10.2 Å². The van der Waals surface area contributed by atoms with E-state index in [9.17, 15) is 14.7 Å². The third-order valence-electron chi connectivity index (χ3n) is 4.70. The highest BCUT2D eigenvalue weighted by Gasteiger charge is 2.41. The van der Waals surface area contributed by atoms with Gasteiger partial charge in [0.1, 0.15) is 0 Å². The highest BCUT2D eigenvalue weighted by atomic mass is 35.5. The lowest BCUT2D eigenvalue weighted by molar-refractivity contribution is -0.134. The van der Waals surface area contributed by atoms with Crippen molar-refractivity contribution < 1.29 is 14.7 Å². The average molecular weight is 339 g/mol. The number of aliphatic hydroxyl groups is 1. The van der Waals surface area contributed by atoms with E-state index in [1.807, 2.05) is 19.1 Å². The van der Waals surface area contributed by atoms with Crippen molar-refractivity contribution in [2.45, 2.75) is 45.4 Å². The Labute approximate surface area is 141 Å². The van der Waals surface area contributed by atoms with Gasteiger partial charge in [-0.25, -0.2) is 0 Å². The Morgan fingerprint density at radius 1 is 1.39 bits per heavy atom. The minimum atomic E-state index is -0.837. The first kappa shape index (κ1) is 17.8. The summed E-state index contributed by atoms with van der Waals surface area (Å²) in [6.45, 7) is 3.73. The molecule has 3 atom stereocenters. The van der Waals surface area contributed by atoms with E-state index in [-0.39, 0.29) is 17.9 Å². The molecule has 1 aliphatic carbocycles. The summed E-state index contributed by atoms with van der Waals surface area (Å²) in [5, 5.41) is 13.8. The Bertz CT molecular complexity index is 585. The molecule has 0 bridgehead atoms. The molecule has 0 unspecified atom stereocenters. The number of aliphatic hydroxyl groups excluding tert-OH is 1. The van der Waals surface area contributed by atoms with Crippen LogP contribution < -0.4 is 5.32 Å². The SMILES string of the molecule is CC(=O)N(C)[C@@H]1CC[C@@H](C(=O)NCc2c(C)cccc2Cl)[C@@H]1O. The number of carbonyl (C=O) groups excluding carboxylic acids is 2. The molecule has 1 aliphatic rings. The van der Waals surface area contributed by atoms with Crippen LogP contribution in [0.5, 0.6) is 0 Å². The van der Waals surface area contributed by atoms with Crippen LogP contribution in [0.2, 0.25) is 5.02 Å². The summed E-state index contributed by atoms with van der Waals surface area (Å²) in [6.07, 6.45) is 0.355. The molecule has 0 aliphatic heterocycles. The third-order valence-corrected chi connectivity index (χ3v) is 5.06. The number of likely N-dealkylation sites (N-methyl/N-ethyl adjacent to an activating group) is 1. The number of rotatable bonds is 4. The number of benzene rings is 1. The molecule has 2 N–H and O–H groups in total. The van der Waals surface area contributed by atoms with Gasteiger partial charge in [0.2, 0.25) is 11.8 Å². The summed E-state index contributed by atoms with van der Waals surface area (Å²) in [5.74, 6) is -0.803. The summed E-state index contributed by atoms with van der Waals surface area (Å²) in [5.41, 5.74) is 1.89. The zero-order valence-electron chi connectivity index (χ0n) is 13.7. The molecular formula is C17H23ClN2O3. The maximum atomic E-state index is 12.4. The molecule has 126 valence electrons. The number of hydrogen-bond donors (Lipinski definition) is 2. The zero-order chi connectivity index (χ0) is 17.1. The molecule has 1 aromatic carbocycles. The van der Waals surface area contributed by atoms with Crippen molar-refractivity contribution in [2.75, 3.05) is 7.05 Å². The molecule has 5 nitrogen and oxygen atoms in total. The predicted octanol–water partition coefficient (Wildman–Crippen LogP) is 1.88. The predicted molar refractivity (Wildman–Crippen MR) is 89.0 cm³/mol. The third kappa shape index (κ3) is 3.85. The topological polar surface area (TPSA) is 69.6 Å². The van der Waals surface area contributed by atoms with Gasteiger partial charge in [-0.15, -0.1) is 0 Å². The van der Waals surface area contributed by atoms with Crippen LogP contribution in [0.15, 0.2) is 18.2 Å². The monoisotopic (exact) mass is 338 g/mol. The molecule has 0 saturated heterocycles. The van der Waals surface area contributed by atoms with Gasteiger partial charge < -0.3 is 15.3 Å². The Morgan fingerprint density at radius 3 is 2.70 bits per heavy atom. The van der Waals surface area contributed by atoms with Crippen LogP contribution in [0.3, 0.4) is 0 Å². The Balaban J connectivity index is 1.98. The second-order valence-electron chi connectivity index (χ2n) is 6.12. The lowest BCUT2D eigenvalue weighted by Crippen LogP contribution is -2.45. The molecule has 0 spiro atoms. The molecule has 1 saturated carbocycles. The minimum absolute atomic E-state index is 0.109. The number of carbonyl (C=O) groups is 2. The van der Waals surface area contributed by atoms with Gasteiger partial charge in [-0.05, 0) is 37.0 Å². The van der Waals surface area contributed by atoms with E-state index in [0.29, 0.717) is 24.4 Å². The van der Waals surface area contributed by atoms with Crippen molar-refractivity contribution in [1.29, 1.82) is 0 Å². The van der Waals surface area contributed by atoms with Crippen LogP contribution in [0.25, 0.3) is 0 Å². The number of aryl methyl sites for hydroxylation is 1. The van der Waals surface area contributed by atoms with Gasteiger partial charge in [0.15, 0.2) is 0 Å². The van der Waals surface area contributed by atoms with Crippen molar-refractivity contribution in [3.05, 3.63) is 34.3 Å². The molecule has 1 aromatic rings. The Hall–Kier alpha value is -1.59. The Kier molecular flexibility index (Phi) is 5.65. The highest BCUT2D eigenvalue weighted by Crippen LogP contribution is 2.30. The number of nitrogens with zero attached hydrogens (tertiary/aromatic N) is 1. The molecule has 2 amide bonds. The summed E-state index contributed by atoms with van der Waals surface area (Å²) >= 11 is 6.16. The van der Waals surface area contributed by atoms with Crippen molar-refractivity contribution in [3.63, 3.8) is 0 Å². The minimum Gasteiger partial charge on any atom is -0.390 e. The van der Waals surface area contributed by atoms with Gasteiger partial charge in [0.05, 0.1) is 18.1 Å². The maximum absolute atomic E-state index is 12.4. The Morgan fingerprint density at radius 2 is 2.09 bits per heavy atom. The number of nitrogens with one attached hydrogen (secondary N) is 1. The molecule has 2 rings (SSSR count). The second kappa shape index (κ2) is 7.32. The van der Waals surface area contributed by atoms with Gasteiger partial charge in [-0.1, -0.05) is 23.7 Å². The second-order valence-corrected chi connectivity index (χ2v) is 6.53. The van der Waals surface area contributed by atoms with Crippen LogP contribution in [-0.4, -0.2) is 41.0 Å². The van der Waals surface area contributed by atoms with Crippen molar-refractivity contribution in [2.24, 2.45) is 5.92 Å². The standard InChI is InChI=1S/C17H23ClN2O3/c1-10-5-4-6-14(18)13(10)9-19-17(23)12-7-8-15(16(12)22)20(3)11(2)21/h4-6,12,15-16,22H,7-9H2,1-3H3,(H,19,23)/t12-,15-,16+/m1/s1. The average Bonchev–Trinajstić information content (AvgIpc) is 2.87. The van der Waals surface area contributed by atoms with E-state index in [2.05, 4.69) is 5.32 Å². The van der Waals surface area contributed by atoms with E-state index < -0.39 is 12.0 Å². The molecular weight excluding hydrogens is 316 g/mol. The first-order valence-corrected chi connectivity index (χ1v) is 8.14. The molecule has 1 fully saturated rings. The van der Waals surface area contributed by atoms with E-state index in [4.69, 9.17) is 11.6 Å². The lowest BCUT2D eigenvalue weighted by atomic mass is 10.0. The summed E-state index contributed by atoms with van der Waals surface area (Å²) in [6, 6.07) is 5.30. The van der Waals surface area contributed by atoms with Gasteiger partial charge in [-0.2, -0.15) is 0 Å². The molecule has 0 radical (unpaired) electrons. The fourth-order valence-corrected chi connectivity index (χ4v) is 3.39. The zero-order valence-corrected chi connectivity index (χ0v) is 14.4. The molecule has 0 aromatic heterocycles. The van der Waals surface area contributed by atoms with Gasteiger partial charge in [0, 0.05) is 25.5 Å². The molecule has 6 heteroatoms. The van der Waals surface area contributed by atoms with Crippen LogP contribution in [0.4, 0.5) is 0 Å². The number of halogens is 1. The van der Waals surface area contributed by atoms with Crippen LogP contribution in [-0.2, 0) is 16.1 Å². The van der Waals surface area contributed by atoms with E-state index in [0.717, 1.165) is 11.1 Å². The summed E-state index contributed by atoms with van der Waals surface area (Å²) in [4.78, 5) is 25.3. The quantitative estimate of drug-likeness (QED) is 0.880. The number of amides is 2. The van der Waals surface area contributed by atoms with Crippen LogP contribution >= 0.6 is 11.6 Å². The largest absolute Gasteiger partial charge is 0.390 e. The summed E-state index contributed by atoms with van der Waals surface area (Å²) < 4.78 is 0. The molecule has 23 heavy (non-hydrogen) atoms. The first-order valence-electron chi connectivity index (χ1n) is 7.76. The van der Waals surface area contributed by atoms with Crippen molar-refractivity contribution in [3.8, 4) is 0 Å². The smallest absolute Gasteiger partial charge is 0.226 e. The maximum Gasteiger partial charge on any atom is 0.226 e. The fraction of sp³-hybridized carbons (Fsp3) is 0.529. The van der Waals surface area contributed by atoms with Gasteiger partial charge in [-0.3, -0.25) is 9.59 Å². The van der Waals surface area contributed by atoms with E-state index in [1.54, 1.807) is 13.1 Å². The molecule has 0 heterocycles. The van der Waals surface area contributed by atoms with Gasteiger partial charge in [0.25, 0.3) is 0 Å². The number of hydrogen-bond acceptors (Lipinski definition) is 3. The van der Waals surface area contributed by atoms with Crippen LogP contribution in [0, 0.1) is 12.8 Å². The van der Waals surface area contributed by atoms with E-state index in [1.165, 1.54) is 11.8 Å². The lowest BCUT2D eigenvalue weighted by Gasteiger charge is -2.27. The van der Waals surface area contributed by atoms with Crippen LogP contribution in [0.1, 0.15) is 30.9 Å². The normalized spacial score (nSPS) is 23.6. The van der Waals surface area contributed by atoms with Gasteiger partial charge >= 0.3 is 0 Å². The van der Waals surface area contributed by atoms with E-state index >= 15 is 0 Å². The highest BCUT2D eigenvalue weighted by molar-refractivity contribution is 6.31. The van der Waals surface area contributed by atoms with Crippen molar-refractivity contribution >= 4 is 23.4 Å². The fourth-order valence-electron chi connectivity index (χ4n) is 3.10.